The van der Waals surface area contributed by atoms with Gasteiger partial charge in [0.05, 0.1) is 5.92 Å². The second-order valence-corrected chi connectivity index (χ2v) is 11.8. The quantitative estimate of drug-likeness (QED) is 0.0505. The summed E-state index contributed by atoms with van der Waals surface area (Å²) in [5.74, 6) is -5.24. The van der Waals surface area contributed by atoms with Gasteiger partial charge in [0, 0.05) is 30.9 Å². The average Bonchev–Trinajstić information content (AvgIpc) is 3.11. The van der Waals surface area contributed by atoms with Crippen LogP contribution in [0.4, 0.5) is 13.2 Å². The number of hydrogen-bond donors (Lipinski definition) is 8. The number of carboxylic acid groups (broad SMARTS) is 1. The summed E-state index contributed by atoms with van der Waals surface area (Å²) in [6.07, 6.45) is -0.773. The van der Waals surface area contributed by atoms with E-state index in [0.29, 0.717) is 24.0 Å². The van der Waals surface area contributed by atoms with Crippen LogP contribution in [0.2, 0.25) is 0 Å². The molecule has 0 aliphatic rings. The molecule has 4 aromatic rings. The lowest BCUT2D eigenvalue weighted by Crippen LogP contribution is -2.54. The smallest absolute Gasteiger partial charge is 0.475 e. The topological polar surface area (TPSA) is 266 Å². The molecular formula is C36H40F3N9O5. The number of amidine groups is 1. The number of aromatic nitrogens is 1. The lowest BCUT2D eigenvalue weighted by molar-refractivity contribution is -0.192. The van der Waals surface area contributed by atoms with Gasteiger partial charge in [0.1, 0.15) is 17.9 Å². The van der Waals surface area contributed by atoms with Crippen LogP contribution in [0.15, 0.2) is 96.2 Å². The van der Waals surface area contributed by atoms with Gasteiger partial charge < -0.3 is 38.7 Å². The number of primary amides is 1. The molecule has 1 aromatic heterocycles. The Labute approximate surface area is 302 Å². The van der Waals surface area contributed by atoms with Gasteiger partial charge in [0.2, 0.25) is 17.7 Å². The molecule has 4 rings (SSSR count). The van der Waals surface area contributed by atoms with E-state index < -0.39 is 47.9 Å². The monoisotopic (exact) mass is 735 g/mol. The van der Waals surface area contributed by atoms with Crippen molar-refractivity contribution in [1.82, 2.24) is 15.6 Å². The number of carboxylic acids is 1. The number of benzene rings is 3. The number of pyridine rings is 1. The lowest BCUT2D eigenvalue weighted by Gasteiger charge is -2.25. The Kier molecular flexibility index (Phi) is 14.8. The maximum Gasteiger partial charge on any atom is 0.490 e. The van der Waals surface area contributed by atoms with Crippen molar-refractivity contribution < 1.29 is 37.5 Å². The second kappa shape index (κ2) is 19.2. The van der Waals surface area contributed by atoms with Crippen LogP contribution in [-0.2, 0) is 32.0 Å². The molecule has 0 saturated heterocycles. The maximum absolute atomic E-state index is 14.0. The van der Waals surface area contributed by atoms with Gasteiger partial charge in [-0.2, -0.15) is 13.2 Å². The Bertz CT molecular complexity index is 1920. The van der Waals surface area contributed by atoms with E-state index in [1.54, 1.807) is 36.7 Å². The number of aliphatic imine (C=N–C) groups is 1. The molecule has 3 atom stereocenters. The molecule has 17 heteroatoms. The predicted octanol–water partition coefficient (Wildman–Crippen LogP) is 2.23. The van der Waals surface area contributed by atoms with Crippen LogP contribution in [0.25, 0.3) is 10.8 Å². The van der Waals surface area contributed by atoms with Gasteiger partial charge in [0.15, 0.2) is 5.96 Å². The number of rotatable bonds is 15. The van der Waals surface area contributed by atoms with E-state index in [9.17, 15) is 27.6 Å². The molecule has 3 aromatic carbocycles. The van der Waals surface area contributed by atoms with Gasteiger partial charge in [0.25, 0.3) is 0 Å². The summed E-state index contributed by atoms with van der Waals surface area (Å²) in [7, 11) is 0. The van der Waals surface area contributed by atoms with Crippen molar-refractivity contribution in [1.29, 1.82) is 5.41 Å². The summed E-state index contributed by atoms with van der Waals surface area (Å²) >= 11 is 0. The summed E-state index contributed by atoms with van der Waals surface area (Å²) in [5.41, 5.74) is 24.9. The molecule has 1 unspecified atom stereocenters. The van der Waals surface area contributed by atoms with Crippen molar-refractivity contribution in [3.63, 3.8) is 0 Å². The number of alkyl halides is 3. The van der Waals surface area contributed by atoms with Crippen LogP contribution in [-0.4, -0.2) is 70.4 Å². The van der Waals surface area contributed by atoms with Gasteiger partial charge in [-0.05, 0) is 52.8 Å². The van der Waals surface area contributed by atoms with Crippen LogP contribution in [0.5, 0.6) is 0 Å². The second-order valence-electron chi connectivity index (χ2n) is 11.8. The van der Waals surface area contributed by atoms with Gasteiger partial charge in [-0.3, -0.25) is 29.8 Å². The number of nitrogens with one attached hydrogen (secondary N) is 3. The fourth-order valence-electron chi connectivity index (χ4n) is 5.14. The molecule has 0 spiro atoms. The number of nitrogens with zero attached hydrogens (tertiary/aromatic N) is 2. The molecule has 0 saturated carbocycles. The summed E-state index contributed by atoms with van der Waals surface area (Å²) in [5, 5.41) is 22.5. The number of amides is 3. The lowest BCUT2D eigenvalue weighted by atomic mass is 9.91. The summed E-state index contributed by atoms with van der Waals surface area (Å²) < 4.78 is 31.7. The molecule has 3 amide bonds. The Hall–Kier alpha value is -6.52. The standard InChI is InChI=1S/C34H39N9O3.C2HF3O2/c35-30(36)24-13-9-21(10-14-24)18-27(26-7-3-15-40-20-26)32(45)43-29(19-22-11-12-23-5-1-2-6-25(23)17-22)33(46)42-28(31(37)44)8-4-16-41-34(38)39;3-2(4,5)1(6)7/h1-3,5-7,9-15,17,20,27-29H,4,8,16,18-19H2,(H3,35,36)(H2,37,44)(H,42,46)(H,43,45)(H4,38,39,41);(H,6,7)/t27?,28-,29-;/m0./s1. The summed E-state index contributed by atoms with van der Waals surface area (Å²) in [6.45, 7) is 0.263. The molecule has 0 aliphatic heterocycles. The molecule has 1 heterocycles. The van der Waals surface area contributed by atoms with Gasteiger partial charge in [-0.25, -0.2) is 4.79 Å². The largest absolute Gasteiger partial charge is 0.490 e. The van der Waals surface area contributed by atoms with Crippen molar-refractivity contribution in [3.05, 3.63) is 114 Å². The molecule has 0 radical (unpaired) electrons. The minimum atomic E-state index is -5.08. The Morgan fingerprint density at radius 1 is 0.811 bits per heavy atom. The Morgan fingerprint density at radius 3 is 2.00 bits per heavy atom. The third-order valence-electron chi connectivity index (χ3n) is 7.84. The van der Waals surface area contributed by atoms with E-state index in [-0.39, 0.29) is 31.2 Å². The van der Waals surface area contributed by atoms with Crippen LogP contribution in [0.3, 0.4) is 0 Å². The number of carbonyl (C=O) groups is 4. The van der Waals surface area contributed by atoms with Gasteiger partial charge in [-0.1, -0.05) is 72.8 Å². The van der Waals surface area contributed by atoms with Crippen LogP contribution in [0, 0.1) is 5.41 Å². The van der Waals surface area contributed by atoms with Gasteiger partial charge >= 0.3 is 12.1 Å². The molecular weight excluding hydrogens is 695 g/mol. The zero-order valence-electron chi connectivity index (χ0n) is 28.3. The highest BCUT2D eigenvalue weighted by Crippen LogP contribution is 2.23. The number of hydrogen-bond acceptors (Lipinski definition) is 7. The highest BCUT2D eigenvalue weighted by Gasteiger charge is 2.38. The first-order valence-corrected chi connectivity index (χ1v) is 16.1. The van der Waals surface area contributed by atoms with Crippen LogP contribution in [0.1, 0.15) is 41.0 Å². The SMILES string of the molecule is N=C(N)c1ccc(CC(C(=O)N[C@@H](Cc2ccc3ccccc3c2)C(=O)N[C@@H](CCCN=C(N)N)C(N)=O)c2cccnc2)cc1.O=C(O)C(F)(F)F. The normalized spacial score (nSPS) is 12.6. The molecule has 0 fully saturated rings. The molecule has 280 valence electrons. The van der Waals surface area contributed by atoms with Crippen molar-refractivity contribution in [3.8, 4) is 0 Å². The number of fused-ring (bicyclic) bond motifs is 1. The Balaban J connectivity index is 0.000000980. The molecule has 0 bridgehead atoms. The minimum Gasteiger partial charge on any atom is -0.475 e. The minimum absolute atomic E-state index is 0.0545. The first-order valence-electron chi connectivity index (χ1n) is 16.1. The number of carbonyl (C=O) groups excluding carboxylic acids is 3. The van der Waals surface area contributed by atoms with Crippen molar-refractivity contribution >= 4 is 46.3 Å². The van der Waals surface area contributed by atoms with E-state index >= 15 is 0 Å². The average molecular weight is 736 g/mol. The zero-order chi connectivity index (χ0) is 39.1. The first-order chi connectivity index (χ1) is 25.0. The van der Waals surface area contributed by atoms with Crippen LogP contribution < -0.4 is 33.6 Å². The summed E-state index contributed by atoms with van der Waals surface area (Å²) in [6, 6.07) is 22.3. The maximum atomic E-state index is 14.0. The van der Waals surface area contributed by atoms with Crippen molar-refractivity contribution in [2.45, 2.75) is 49.9 Å². The molecule has 12 N–H and O–H groups in total. The molecule has 53 heavy (non-hydrogen) atoms. The van der Waals surface area contributed by atoms with Crippen molar-refractivity contribution in [2.24, 2.45) is 27.9 Å². The predicted molar refractivity (Wildman–Crippen MR) is 192 cm³/mol. The van der Waals surface area contributed by atoms with E-state index in [1.165, 1.54) is 0 Å². The third kappa shape index (κ3) is 13.3. The highest BCUT2D eigenvalue weighted by molar-refractivity contribution is 5.95. The molecule has 0 aliphatic carbocycles. The highest BCUT2D eigenvalue weighted by atomic mass is 19.4. The summed E-state index contributed by atoms with van der Waals surface area (Å²) in [4.78, 5) is 57.1. The number of guanidine groups is 1. The van der Waals surface area contributed by atoms with E-state index in [4.69, 9.17) is 38.2 Å². The number of halogens is 3. The molecule has 14 nitrogen and oxygen atoms in total. The first kappa shape index (κ1) is 40.9. The van der Waals surface area contributed by atoms with Gasteiger partial charge in [-0.15, -0.1) is 0 Å². The third-order valence-corrected chi connectivity index (χ3v) is 7.84. The van der Waals surface area contributed by atoms with E-state index in [2.05, 4.69) is 20.6 Å². The van der Waals surface area contributed by atoms with Crippen LogP contribution >= 0.6 is 0 Å². The fraction of sp³-hybridized carbons (Fsp3) is 0.250. The fourth-order valence-corrected chi connectivity index (χ4v) is 5.14. The zero-order valence-corrected chi connectivity index (χ0v) is 28.3. The van der Waals surface area contributed by atoms with Crippen molar-refractivity contribution in [2.75, 3.05) is 6.54 Å². The number of nitrogen functional groups attached to an aromatic ring is 1. The number of nitrogens with two attached hydrogens (primary N) is 4. The van der Waals surface area contributed by atoms with E-state index in [0.717, 1.165) is 21.9 Å². The van der Waals surface area contributed by atoms with E-state index in [1.807, 2.05) is 54.6 Å². The number of aliphatic carboxylic acids is 1. The Morgan fingerprint density at radius 2 is 1.43 bits per heavy atom.